The highest BCUT2D eigenvalue weighted by molar-refractivity contribution is 7.17. The molecule has 1 fully saturated rings. The van der Waals surface area contributed by atoms with E-state index in [2.05, 4.69) is 5.32 Å². The van der Waals surface area contributed by atoms with Gasteiger partial charge in [-0.2, -0.15) is 0 Å². The summed E-state index contributed by atoms with van der Waals surface area (Å²) in [6.07, 6.45) is 1.87. The van der Waals surface area contributed by atoms with E-state index in [0.29, 0.717) is 22.4 Å². The number of hydrogen-bond donors (Lipinski definition) is 1. The lowest BCUT2D eigenvalue weighted by Crippen LogP contribution is -2.49. The number of carbonyl (C=O) groups excluding carboxylic acids is 2. The first-order chi connectivity index (χ1) is 10.1. The van der Waals surface area contributed by atoms with E-state index in [0.717, 1.165) is 19.4 Å². The predicted molar refractivity (Wildman–Crippen MR) is 82.9 cm³/mol. The van der Waals surface area contributed by atoms with Gasteiger partial charge in [-0.15, -0.1) is 11.3 Å². The third kappa shape index (κ3) is 4.98. The Morgan fingerprint density at radius 1 is 1.52 bits per heavy atom. The Morgan fingerprint density at radius 2 is 2.33 bits per heavy atom. The number of thiophene rings is 1. The quantitative estimate of drug-likeness (QED) is 0.841. The number of ether oxygens (including phenoxy) is 1. The van der Waals surface area contributed by atoms with Gasteiger partial charge in [0, 0.05) is 12.6 Å². The minimum atomic E-state index is -0.213. The van der Waals surface area contributed by atoms with Crippen molar-refractivity contribution in [2.75, 3.05) is 26.2 Å². The molecule has 1 aliphatic heterocycles. The third-order valence-electron chi connectivity index (χ3n) is 3.30. The molecule has 1 aliphatic rings. The van der Waals surface area contributed by atoms with Crippen molar-refractivity contribution < 1.29 is 14.3 Å². The maximum absolute atomic E-state index is 12.1. The van der Waals surface area contributed by atoms with Crippen molar-refractivity contribution in [2.24, 2.45) is 0 Å². The highest BCUT2D eigenvalue weighted by Gasteiger charge is 2.24. The highest BCUT2D eigenvalue weighted by atomic mass is 35.5. The van der Waals surface area contributed by atoms with E-state index in [1.807, 2.05) is 4.90 Å². The molecule has 1 unspecified atom stereocenters. The lowest BCUT2D eigenvalue weighted by Gasteiger charge is -2.32. The maximum Gasteiger partial charge on any atom is 0.320 e. The zero-order chi connectivity index (χ0) is 15.2. The van der Waals surface area contributed by atoms with Gasteiger partial charge in [0.1, 0.15) is 0 Å². The van der Waals surface area contributed by atoms with E-state index in [4.69, 9.17) is 16.3 Å². The summed E-state index contributed by atoms with van der Waals surface area (Å²) in [5, 5.41) is 3.00. The molecule has 1 N–H and O–H groups in total. The minimum Gasteiger partial charge on any atom is -0.465 e. The number of piperidine rings is 1. The molecular weight excluding hydrogens is 312 g/mol. The van der Waals surface area contributed by atoms with Crippen molar-refractivity contribution in [3.8, 4) is 0 Å². The van der Waals surface area contributed by atoms with Gasteiger partial charge >= 0.3 is 5.97 Å². The fourth-order valence-corrected chi connectivity index (χ4v) is 3.35. The summed E-state index contributed by atoms with van der Waals surface area (Å²) >= 11 is 7.10. The van der Waals surface area contributed by atoms with Crippen molar-refractivity contribution in [2.45, 2.75) is 25.8 Å². The van der Waals surface area contributed by atoms with Gasteiger partial charge in [0.15, 0.2) is 0 Å². The Kier molecular flexibility index (Phi) is 6.02. The highest BCUT2D eigenvalue weighted by Crippen LogP contribution is 2.21. The molecule has 1 saturated heterocycles. The van der Waals surface area contributed by atoms with Gasteiger partial charge in [0.25, 0.3) is 5.91 Å². The molecule has 1 amide bonds. The van der Waals surface area contributed by atoms with Crippen LogP contribution in [0.3, 0.4) is 0 Å². The molecule has 1 aromatic heterocycles. The predicted octanol–water partition coefficient (Wildman–Crippen LogP) is 2.16. The Labute approximate surface area is 133 Å². The van der Waals surface area contributed by atoms with Crippen LogP contribution in [0, 0.1) is 0 Å². The summed E-state index contributed by atoms with van der Waals surface area (Å²) in [5.74, 6) is -0.315. The molecule has 0 aromatic carbocycles. The molecular formula is C14H19ClN2O3S. The second kappa shape index (κ2) is 7.77. The van der Waals surface area contributed by atoms with Crippen LogP contribution in [0.15, 0.2) is 12.1 Å². The molecule has 1 atom stereocenters. The summed E-state index contributed by atoms with van der Waals surface area (Å²) in [4.78, 5) is 26.2. The molecule has 1 aromatic rings. The molecule has 0 spiro atoms. The smallest absolute Gasteiger partial charge is 0.320 e. The van der Waals surface area contributed by atoms with E-state index in [9.17, 15) is 9.59 Å². The van der Waals surface area contributed by atoms with Crippen LogP contribution in [0.4, 0.5) is 0 Å². The standard InChI is InChI=1S/C14H19ClN2O3S/c1-2-20-13(18)9-17-7-3-4-10(8-17)16-14(19)11-5-6-12(15)21-11/h5-6,10H,2-4,7-9H2,1H3,(H,16,19). The van der Waals surface area contributed by atoms with Gasteiger partial charge in [-0.05, 0) is 38.4 Å². The van der Waals surface area contributed by atoms with Crippen molar-refractivity contribution in [3.63, 3.8) is 0 Å². The van der Waals surface area contributed by atoms with E-state index in [1.165, 1.54) is 11.3 Å². The SMILES string of the molecule is CCOC(=O)CN1CCCC(NC(=O)c2ccc(Cl)s2)C1. The number of halogens is 1. The van der Waals surface area contributed by atoms with Crippen LogP contribution in [-0.2, 0) is 9.53 Å². The first-order valence-electron chi connectivity index (χ1n) is 7.02. The second-order valence-corrected chi connectivity index (χ2v) is 6.67. The Morgan fingerprint density at radius 3 is 3.00 bits per heavy atom. The molecule has 21 heavy (non-hydrogen) atoms. The second-order valence-electron chi connectivity index (χ2n) is 4.96. The zero-order valence-corrected chi connectivity index (χ0v) is 13.5. The van der Waals surface area contributed by atoms with Crippen LogP contribution < -0.4 is 5.32 Å². The molecule has 5 nitrogen and oxygen atoms in total. The summed E-state index contributed by atoms with van der Waals surface area (Å²) in [6, 6.07) is 3.50. The normalized spacial score (nSPS) is 19.2. The largest absolute Gasteiger partial charge is 0.465 e. The minimum absolute atomic E-state index is 0.0570. The fourth-order valence-electron chi connectivity index (χ4n) is 2.40. The molecule has 2 rings (SSSR count). The van der Waals surface area contributed by atoms with Crippen LogP contribution in [0.2, 0.25) is 4.34 Å². The first kappa shape index (κ1) is 16.3. The number of esters is 1. The average molecular weight is 331 g/mol. The van der Waals surface area contributed by atoms with Crippen molar-refractivity contribution in [3.05, 3.63) is 21.3 Å². The summed E-state index contributed by atoms with van der Waals surface area (Å²) in [6.45, 7) is 4.00. The molecule has 2 heterocycles. The maximum atomic E-state index is 12.1. The summed E-state index contributed by atoms with van der Waals surface area (Å²) in [5.41, 5.74) is 0. The van der Waals surface area contributed by atoms with Crippen LogP contribution in [0.1, 0.15) is 29.4 Å². The van der Waals surface area contributed by atoms with Crippen LogP contribution in [-0.4, -0.2) is 49.1 Å². The molecule has 116 valence electrons. The van der Waals surface area contributed by atoms with Crippen LogP contribution in [0.25, 0.3) is 0 Å². The third-order valence-corrected chi connectivity index (χ3v) is 4.53. The number of nitrogens with zero attached hydrogens (tertiary/aromatic N) is 1. The van der Waals surface area contributed by atoms with Gasteiger partial charge in [0.05, 0.1) is 22.4 Å². The van der Waals surface area contributed by atoms with E-state index in [-0.39, 0.29) is 24.5 Å². The van der Waals surface area contributed by atoms with Crippen LogP contribution >= 0.6 is 22.9 Å². The topological polar surface area (TPSA) is 58.6 Å². The Hall–Kier alpha value is -1.11. The monoisotopic (exact) mass is 330 g/mol. The molecule has 7 heteroatoms. The van der Waals surface area contributed by atoms with Gasteiger partial charge in [-0.3, -0.25) is 14.5 Å². The molecule has 0 bridgehead atoms. The lowest BCUT2D eigenvalue weighted by molar-refractivity contribution is -0.144. The molecule has 0 aliphatic carbocycles. The van der Waals surface area contributed by atoms with Crippen molar-refractivity contribution in [1.29, 1.82) is 0 Å². The summed E-state index contributed by atoms with van der Waals surface area (Å²) < 4.78 is 5.56. The number of amides is 1. The van der Waals surface area contributed by atoms with Gasteiger partial charge in [-0.1, -0.05) is 11.6 Å². The first-order valence-corrected chi connectivity index (χ1v) is 8.22. The number of nitrogens with one attached hydrogen (secondary N) is 1. The number of likely N-dealkylation sites (tertiary alicyclic amines) is 1. The van der Waals surface area contributed by atoms with Gasteiger partial charge in [-0.25, -0.2) is 0 Å². The zero-order valence-electron chi connectivity index (χ0n) is 11.9. The van der Waals surface area contributed by atoms with Crippen molar-refractivity contribution in [1.82, 2.24) is 10.2 Å². The number of hydrogen-bond acceptors (Lipinski definition) is 5. The molecule has 0 radical (unpaired) electrons. The Balaban J connectivity index is 1.83. The lowest BCUT2D eigenvalue weighted by atomic mass is 10.1. The van der Waals surface area contributed by atoms with E-state index >= 15 is 0 Å². The van der Waals surface area contributed by atoms with Crippen LogP contribution in [0.5, 0.6) is 0 Å². The fraction of sp³-hybridized carbons (Fsp3) is 0.571. The van der Waals surface area contributed by atoms with E-state index < -0.39 is 0 Å². The average Bonchev–Trinajstić information content (AvgIpc) is 2.86. The number of carbonyl (C=O) groups is 2. The number of rotatable bonds is 5. The van der Waals surface area contributed by atoms with Crippen molar-refractivity contribution >= 4 is 34.8 Å². The molecule has 0 saturated carbocycles. The van der Waals surface area contributed by atoms with Gasteiger partial charge < -0.3 is 10.1 Å². The summed E-state index contributed by atoms with van der Waals surface area (Å²) in [7, 11) is 0. The Bertz CT molecular complexity index is 506. The van der Waals surface area contributed by atoms with Gasteiger partial charge in [0.2, 0.25) is 0 Å². The van der Waals surface area contributed by atoms with E-state index in [1.54, 1.807) is 19.1 Å².